The Balaban J connectivity index is 2.12. The third kappa shape index (κ3) is 2.63. The molecule has 1 aromatic heterocycles. The highest BCUT2D eigenvalue weighted by molar-refractivity contribution is 5.85. The van der Waals surface area contributed by atoms with Crippen LogP contribution in [0.3, 0.4) is 0 Å². The van der Waals surface area contributed by atoms with Crippen molar-refractivity contribution < 1.29 is 10.2 Å². The topological polar surface area (TPSA) is 56.2 Å². The zero-order valence-electron chi connectivity index (χ0n) is 15.5. The van der Waals surface area contributed by atoms with Gasteiger partial charge in [-0.15, -0.1) is 0 Å². The predicted molar refractivity (Wildman–Crippen MR) is 109 cm³/mol. The number of aromatic nitrogens is 1. The summed E-state index contributed by atoms with van der Waals surface area (Å²) >= 11 is 0. The maximum absolute atomic E-state index is 11.2. The average Bonchev–Trinajstić information content (AvgIpc) is 3.02. The number of aliphatic hydroxyl groups is 1. The van der Waals surface area contributed by atoms with Gasteiger partial charge >= 0.3 is 0 Å². The van der Waals surface area contributed by atoms with E-state index in [1.807, 2.05) is 61.5 Å². The number of aliphatic hydroxyl groups excluding tert-OH is 1. The van der Waals surface area contributed by atoms with Gasteiger partial charge in [-0.2, -0.15) is 0 Å². The van der Waals surface area contributed by atoms with E-state index in [1.54, 1.807) is 12.1 Å². The van der Waals surface area contributed by atoms with Gasteiger partial charge in [0.25, 0.3) is 0 Å². The SMILES string of the molecule is Cc1c(C(c2ccccc2)(c2ccc(O)cc2)C(C)O)[nH]c2ccccc12. The van der Waals surface area contributed by atoms with Gasteiger partial charge < -0.3 is 15.2 Å². The molecule has 0 spiro atoms. The van der Waals surface area contributed by atoms with E-state index in [-0.39, 0.29) is 5.75 Å². The van der Waals surface area contributed by atoms with Gasteiger partial charge in [-0.1, -0.05) is 60.7 Å². The minimum absolute atomic E-state index is 0.208. The molecular formula is C24H23NO2. The van der Waals surface area contributed by atoms with Crippen molar-refractivity contribution in [1.82, 2.24) is 4.98 Å². The first-order valence-electron chi connectivity index (χ1n) is 9.16. The molecule has 2 atom stereocenters. The van der Waals surface area contributed by atoms with Crippen LogP contribution in [-0.2, 0) is 5.41 Å². The summed E-state index contributed by atoms with van der Waals surface area (Å²) in [6, 6.07) is 25.4. The number of phenolic OH excluding ortho intramolecular Hbond substituents is 1. The van der Waals surface area contributed by atoms with Crippen molar-refractivity contribution in [2.75, 3.05) is 0 Å². The second-order valence-electron chi connectivity index (χ2n) is 7.07. The highest BCUT2D eigenvalue weighted by atomic mass is 16.3. The van der Waals surface area contributed by atoms with Crippen LogP contribution in [0.1, 0.15) is 29.3 Å². The van der Waals surface area contributed by atoms with Crippen molar-refractivity contribution >= 4 is 10.9 Å². The number of rotatable bonds is 4. The molecule has 4 aromatic rings. The van der Waals surface area contributed by atoms with Gasteiger partial charge in [-0.3, -0.25) is 0 Å². The highest BCUT2D eigenvalue weighted by Gasteiger charge is 2.43. The molecule has 0 radical (unpaired) electrons. The van der Waals surface area contributed by atoms with Crippen LogP contribution >= 0.6 is 0 Å². The lowest BCUT2D eigenvalue weighted by Crippen LogP contribution is -2.41. The second kappa shape index (κ2) is 6.60. The molecule has 3 N–H and O–H groups in total. The van der Waals surface area contributed by atoms with Crippen LogP contribution in [0.4, 0.5) is 0 Å². The molecule has 0 aliphatic heterocycles. The van der Waals surface area contributed by atoms with E-state index >= 15 is 0 Å². The summed E-state index contributed by atoms with van der Waals surface area (Å²) < 4.78 is 0. The molecule has 136 valence electrons. The van der Waals surface area contributed by atoms with Crippen LogP contribution in [0.15, 0.2) is 78.9 Å². The van der Waals surface area contributed by atoms with E-state index in [2.05, 4.69) is 24.0 Å². The Morgan fingerprint density at radius 3 is 2.04 bits per heavy atom. The van der Waals surface area contributed by atoms with Crippen LogP contribution in [0, 0.1) is 6.92 Å². The zero-order chi connectivity index (χ0) is 19.0. The van der Waals surface area contributed by atoms with Crippen molar-refractivity contribution in [3.63, 3.8) is 0 Å². The van der Waals surface area contributed by atoms with Crippen molar-refractivity contribution in [2.45, 2.75) is 25.4 Å². The monoisotopic (exact) mass is 357 g/mol. The quantitative estimate of drug-likeness (QED) is 0.487. The number of aryl methyl sites for hydroxylation is 1. The van der Waals surface area contributed by atoms with E-state index in [9.17, 15) is 10.2 Å². The number of benzene rings is 3. The van der Waals surface area contributed by atoms with E-state index in [1.165, 1.54) is 0 Å². The van der Waals surface area contributed by atoms with Gasteiger partial charge in [-0.05, 0) is 48.7 Å². The van der Waals surface area contributed by atoms with Gasteiger partial charge in [-0.25, -0.2) is 0 Å². The van der Waals surface area contributed by atoms with E-state index in [4.69, 9.17) is 0 Å². The summed E-state index contributed by atoms with van der Waals surface area (Å²) in [7, 11) is 0. The maximum Gasteiger partial charge on any atom is 0.115 e. The average molecular weight is 357 g/mol. The molecule has 0 amide bonds. The van der Waals surface area contributed by atoms with E-state index in [0.717, 1.165) is 33.3 Å². The van der Waals surface area contributed by atoms with Gasteiger partial charge in [0, 0.05) is 16.6 Å². The lowest BCUT2D eigenvalue weighted by atomic mass is 9.67. The summed E-state index contributed by atoms with van der Waals surface area (Å²) in [4.78, 5) is 3.58. The molecule has 0 bridgehead atoms. The number of hydrogen-bond acceptors (Lipinski definition) is 2. The molecule has 27 heavy (non-hydrogen) atoms. The fourth-order valence-corrected chi connectivity index (χ4v) is 4.25. The first kappa shape index (κ1) is 17.4. The fraction of sp³-hybridized carbons (Fsp3) is 0.167. The first-order valence-corrected chi connectivity index (χ1v) is 9.16. The normalized spacial score (nSPS) is 14.8. The summed E-state index contributed by atoms with van der Waals surface area (Å²) in [6.45, 7) is 3.92. The van der Waals surface area contributed by atoms with Crippen LogP contribution in [0.25, 0.3) is 10.9 Å². The number of hydrogen-bond donors (Lipinski definition) is 3. The Morgan fingerprint density at radius 1 is 0.815 bits per heavy atom. The van der Waals surface area contributed by atoms with Crippen LogP contribution < -0.4 is 0 Å². The molecule has 0 aliphatic carbocycles. The minimum Gasteiger partial charge on any atom is -0.508 e. The number of H-pyrrole nitrogens is 1. The first-order chi connectivity index (χ1) is 13.0. The third-order valence-electron chi connectivity index (χ3n) is 5.54. The zero-order valence-corrected chi connectivity index (χ0v) is 15.5. The molecule has 0 fully saturated rings. The fourth-order valence-electron chi connectivity index (χ4n) is 4.25. The lowest BCUT2D eigenvalue weighted by molar-refractivity contribution is 0.138. The van der Waals surface area contributed by atoms with Crippen molar-refractivity contribution in [1.29, 1.82) is 0 Å². The third-order valence-corrected chi connectivity index (χ3v) is 5.54. The summed E-state index contributed by atoms with van der Waals surface area (Å²) in [5.41, 5.74) is 4.28. The Morgan fingerprint density at radius 2 is 1.41 bits per heavy atom. The van der Waals surface area contributed by atoms with Crippen molar-refractivity contribution in [3.8, 4) is 5.75 Å². The summed E-state index contributed by atoms with van der Waals surface area (Å²) in [5.74, 6) is 0.208. The Kier molecular flexibility index (Phi) is 4.25. The standard InChI is InChI=1S/C24H23NO2/c1-16-21-10-6-7-11-22(21)25-23(16)24(17(2)26,18-8-4-3-5-9-18)19-12-14-20(27)15-13-19/h3-15,17,25-27H,1-2H3. The predicted octanol–water partition coefficient (Wildman–Crippen LogP) is 4.90. The molecule has 2 unspecified atom stereocenters. The van der Waals surface area contributed by atoms with Crippen LogP contribution in [0.2, 0.25) is 0 Å². The number of aromatic hydroxyl groups is 1. The van der Waals surface area contributed by atoms with Crippen molar-refractivity contribution in [3.05, 3.63) is 101 Å². The molecule has 0 saturated heterocycles. The highest BCUT2D eigenvalue weighted by Crippen LogP contribution is 2.45. The van der Waals surface area contributed by atoms with Gasteiger partial charge in [0.1, 0.15) is 5.75 Å². The van der Waals surface area contributed by atoms with Crippen LogP contribution in [0.5, 0.6) is 5.75 Å². The number of para-hydroxylation sites is 1. The second-order valence-corrected chi connectivity index (χ2v) is 7.07. The minimum atomic E-state index is -0.780. The van der Waals surface area contributed by atoms with E-state index in [0.29, 0.717) is 0 Å². The Bertz CT molecular complexity index is 1060. The van der Waals surface area contributed by atoms with Crippen molar-refractivity contribution in [2.24, 2.45) is 0 Å². The number of nitrogens with one attached hydrogen (secondary N) is 1. The number of fused-ring (bicyclic) bond motifs is 1. The summed E-state index contributed by atoms with van der Waals surface area (Å²) in [5, 5.41) is 22.1. The maximum atomic E-state index is 11.2. The molecule has 4 rings (SSSR count). The molecule has 3 nitrogen and oxygen atoms in total. The number of aromatic amines is 1. The largest absolute Gasteiger partial charge is 0.508 e. The summed E-state index contributed by atoms with van der Waals surface area (Å²) in [6.07, 6.45) is -0.698. The molecule has 0 saturated carbocycles. The number of phenols is 1. The molecular weight excluding hydrogens is 334 g/mol. The molecule has 0 aliphatic rings. The smallest absolute Gasteiger partial charge is 0.115 e. The Hall–Kier alpha value is -3.04. The molecule has 3 aromatic carbocycles. The van der Waals surface area contributed by atoms with Gasteiger partial charge in [0.05, 0.1) is 11.5 Å². The molecule has 3 heteroatoms. The molecule has 1 heterocycles. The van der Waals surface area contributed by atoms with Crippen LogP contribution in [-0.4, -0.2) is 21.3 Å². The van der Waals surface area contributed by atoms with Gasteiger partial charge in [0.2, 0.25) is 0 Å². The van der Waals surface area contributed by atoms with E-state index < -0.39 is 11.5 Å². The Labute approximate surface area is 158 Å². The van der Waals surface area contributed by atoms with Gasteiger partial charge in [0.15, 0.2) is 0 Å². The lowest BCUT2D eigenvalue weighted by Gasteiger charge is -2.38.